The van der Waals surface area contributed by atoms with E-state index in [4.69, 9.17) is 9.47 Å². The van der Waals surface area contributed by atoms with Crippen LogP contribution in [0.1, 0.15) is 24.8 Å². The second-order valence-electron chi connectivity index (χ2n) is 8.09. The Morgan fingerprint density at radius 1 is 1.13 bits per heavy atom. The molecule has 0 saturated carbocycles. The van der Waals surface area contributed by atoms with Crippen molar-refractivity contribution in [3.05, 3.63) is 48.0 Å². The summed E-state index contributed by atoms with van der Waals surface area (Å²) in [5.41, 5.74) is 2.48. The lowest BCUT2D eigenvalue weighted by Crippen LogP contribution is -2.52. The molecule has 1 saturated heterocycles. The number of aryl methyl sites for hydroxylation is 1. The van der Waals surface area contributed by atoms with Crippen LogP contribution in [0.5, 0.6) is 11.5 Å². The van der Waals surface area contributed by atoms with E-state index in [1.807, 2.05) is 59.2 Å². The lowest BCUT2D eigenvalue weighted by Gasteiger charge is -2.38. The van der Waals surface area contributed by atoms with Gasteiger partial charge in [-0.15, -0.1) is 0 Å². The fraction of sp³-hybridized carbons (Fsp3) is 0.417. The lowest BCUT2D eigenvalue weighted by atomic mass is 10.1. The van der Waals surface area contributed by atoms with Crippen molar-refractivity contribution >= 4 is 23.2 Å². The SMILES string of the molecule is COc1ccc(C)cc1NC(=O)CN1C[C@@H](C(=O)N2CCCCC2)Oc2ccccc21. The number of carbonyl (C=O) groups is 2. The molecule has 2 heterocycles. The fourth-order valence-corrected chi connectivity index (χ4v) is 4.19. The van der Waals surface area contributed by atoms with Gasteiger partial charge in [0.15, 0.2) is 6.10 Å². The van der Waals surface area contributed by atoms with Crippen molar-refractivity contribution in [3.63, 3.8) is 0 Å². The van der Waals surface area contributed by atoms with Crippen molar-refractivity contribution in [3.8, 4) is 11.5 Å². The van der Waals surface area contributed by atoms with E-state index >= 15 is 0 Å². The highest BCUT2D eigenvalue weighted by Gasteiger charge is 2.34. The molecule has 164 valence electrons. The molecule has 0 unspecified atom stereocenters. The van der Waals surface area contributed by atoms with Gasteiger partial charge in [-0.3, -0.25) is 9.59 Å². The van der Waals surface area contributed by atoms with Crippen LogP contribution in [0.2, 0.25) is 0 Å². The highest BCUT2D eigenvalue weighted by molar-refractivity contribution is 5.96. The third-order valence-corrected chi connectivity index (χ3v) is 5.77. The van der Waals surface area contributed by atoms with Crippen LogP contribution in [-0.4, -0.2) is 56.1 Å². The van der Waals surface area contributed by atoms with E-state index in [0.717, 1.165) is 43.6 Å². The number of carbonyl (C=O) groups excluding carboxylic acids is 2. The number of nitrogens with zero attached hydrogens (tertiary/aromatic N) is 2. The summed E-state index contributed by atoms with van der Waals surface area (Å²) in [7, 11) is 1.58. The quantitative estimate of drug-likeness (QED) is 0.800. The predicted octanol–water partition coefficient (Wildman–Crippen LogP) is 3.22. The van der Waals surface area contributed by atoms with E-state index in [0.29, 0.717) is 23.7 Å². The first-order valence-corrected chi connectivity index (χ1v) is 10.8. The molecule has 31 heavy (non-hydrogen) atoms. The van der Waals surface area contributed by atoms with Crippen LogP contribution < -0.4 is 19.7 Å². The van der Waals surface area contributed by atoms with Gasteiger partial charge in [0.05, 0.1) is 31.6 Å². The van der Waals surface area contributed by atoms with Gasteiger partial charge in [0.2, 0.25) is 5.91 Å². The highest BCUT2D eigenvalue weighted by Crippen LogP contribution is 2.34. The van der Waals surface area contributed by atoms with Gasteiger partial charge >= 0.3 is 0 Å². The van der Waals surface area contributed by atoms with Crippen molar-refractivity contribution in [2.45, 2.75) is 32.3 Å². The first-order valence-electron chi connectivity index (χ1n) is 10.8. The fourth-order valence-electron chi connectivity index (χ4n) is 4.19. The molecule has 7 heteroatoms. The zero-order valence-electron chi connectivity index (χ0n) is 18.1. The molecule has 2 aromatic carbocycles. The van der Waals surface area contributed by atoms with Crippen LogP contribution >= 0.6 is 0 Å². The van der Waals surface area contributed by atoms with E-state index in [1.165, 1.54) is 0 Å². The van der Waals surface area contributed by atoms with Gasteiger partial charge in [0, 0.05) is 13.1 Å². The summed E-state index contributed by atoms with van der Waals surface area (Å²) in [5.74, 6) is 1.06. The highest BCUT2D eigenvalue weighted by atomic mass is 16.5. The number of amides is 2. The molecule has 2 aliphatic heterocycles. The smallest absolute Gasteiger partial charge is 0.265 e. The molecule has 1 atom stereocenters. The molecule has 0 aromatic heterocycles. The summed E-state index contributed by atoms with van der Waals surface area (Å²) in [6.07, 6.45) is 2.60. The maximum Gasteiger partial charge on any atom is 0.265 e. The molecular weight excluding hydrogens is 394 g/mol. The number of anilines is 2. The second-order valence-corrected chi connectivity index (χ2v) is 8.09. The van der Waals surface area contributed by atoms with Crippen LogP contribution in [0.25, 0.3) is 0 Å². The third kappa shape index (κ3) is 4.76. The molecule has 2 amide bonds. The minimum atomic E-state index is -0.616. The molecule has 0 radical (unpaired) electrons. The Bertz CT molecular complexity index is 956. The number of hydrogen-bond acceptors (Lipinski definition) is 5. The van der Waals surface area contributed by atoms with Gasteiger partial charge < -0.3 is 24.6 Å². The van der Waals surface area contributed by atoms with Crippen molar-refractivity contribution in [2.75, 3.05) is 43.5 Å². The molecule has 0 bridgehead atoms. The number of ether oxygens (including phenoxy) is 2. The minimum Gasteiger partial charge on any atom is -0.495 e. The van der Waals surface area contributed by atoms with E-state index in [2.05, 4.69) is 5.32 Å². The molecule has 1 fully saturated rings. The third-order valence-electron chi connectivity index (χ3n) is 5.77. The number of hydrogen-bond donors (Lipinski definition) is 1. The van der Waals surface area contributed by atoms with Gasteiger partial charge in [0.25, 0.3) is 5.91 Å². The number of para-hydroxylation sites is 2. The summed E-state index contributed by atoms with van der Waals surface area (Å²) >= 11 is 0. The molecule has 2 aliphatic rings. The Kier molecular flexibility index (Phi) is 6.30. The van der Waals surface area contributed by atoms with Gasteiger partial charge in [-0.05, 0) is 56.0 Å². The van der Waals surface area contributed by atoms with Gasteiger partial charge in [-0.2, -0.15) is 0 Å². The summed E-state index contributed by atoms with van der Waals surface area (Å²) in [6.45, 7) is 3.96. The average Bonchev–Trinajstić information content (AvgIpc) is 2.79. The molecule has 0 aliphatic carbocycles. The maximum absolute atomic E-state index is 13.1. The molecule has 7 nitrogen and oxygen atoms in total. The second kappa shape index (κ2) is 9.29. The number of piperidine rings is 1. The standard InChI is InChI=1S/C24H29N3O4/c1-17-10-11-20(30-2)18(14-17)25-23(28)16-27-15-22(24(29)26-12-6-3-7-13-26)31-21-9-5-4-8-19(21)27/h4-5,8-11,14,22H,3,6-7,12-13,15-16H2,1-2H3,(H,25,28)/t22-/m0/s1. The predicted molar refractivity (Wildman–Crippen MR) is 120 cm³/mol. The van der Waals surface area contributed by atoms with Crippen molar-refractivity contribution in [2.24, 2.45) is 0 Å². The first kappa shape index (κ1) is 21.0. The number of nitrogens with one attached hydrogen (secondary N) is 1. The maximum atomic E-state index is 13.1. The molecule has 2 aromatic rings. The number of rotatable bonds is 5. The Morgan fingerprint density at radius 3 is 2.68 bits per heavy atom. The Balaban J connectivity index is 1.50. The Labute approximate surface area is 182 Å². The number of benzene rings is 2. The first-order chi connectivity index (χ1) is 15.0. The average molecular weight is 424 g/mol. The normalized spacial score (nSPS) is 18.1. The van der Waals surface area contributed by atoms with Crippen molar-refractivity contribution in [1.29, 1.82) is 0 Å². The Morgan fingerprint density at radius 2 is 1.90 bits per heavy atom. The van der Waals surface area contributed by atoms with Gasteiger partial charge in [-0.25, -0.2) is 0 Å². The van der Waals surface area contributed by atoms with E-state index in [9.17, 15) is 9.59 Å². The lowest BCUT2D eigenvalue weighted by molar-refractivity contribution is -0.139. The number of fused-ring (bicyclic) bond motifs is 1. The van der Waals surface area contributed by atoms with Crippen LogP contribution in [0.4, 0.5) is 11.4 Å². The summed E-state index contributed by atoms with van der Waals surface area (Å²) in [6, 6.07) is 13.2. The van der Waals surface area contributed by atoms with E-state index in [-0.39, 0.29) is 18.4 Å². The van der Waals surface area contributed by atoms with Gasteiger partial charge in [-0.1, -0.05) is 18.2 Å². The molecule has 1 N–H and O–H groups in total. The Hall–Kier alpha value is -3.22. The van der Waals surface area contributed by atoms with Crippen LogP contribution in [0.3, 0.4) is 0 Å². The molecule has 0 spiro atoms. The zero-order valence-corrected chi connectivity index (χ0v) is 18.1. The summed E-state index contributed by atoms with van der Waals surface area (Å²) in [4.78, 5) is 29.8. The molecular formula is C24H29N3O4. The largest absolute Gasteiger partial charge is 0.495 e. The van der Waals surface area contributed by atoms with Crippen molar-refractivity contribution < 1.29 is 19.1 Å². The molecule has 4 rings (SSSR count). The number of methoxy groups -OCH3 is 1. The summed E-state index contributed by atoms with van der Waals surface area (Å²) in [5, 5.41) is 2.95. The topological polar surface area (TPSA) is 71.1 Å². The van der Waals surface area contributed by atoms with Crippen LogP contribution in [0, 0.1) is 6.92 Å². The minimum absolute atomic E-state index is 0.0000328. The van der Waals surface area contributed by atoms with E-state index < -0.39 is 6.10 Å². The zero-order chi connectivity index (χ0) is 21.8. The summed E-state index contributed by atoms with van der Waals surface area (Å²) < 4.78 is 11.4. The van der Waals surface area contributed by atoms with Crippen LogP contribution in [0.15, 0.2) is 42.5 Å². The monoisotopic (exact) mass is 423 g/mol. The van der Waals surface area contributed by atoms with Crippen LogP contribution in [-0.2, 0) is 9.59 Å². The van der Waals surface area contributed by atoms with Gasteiger partial charge in [0.1, 0.15) is 11.5 Å². The van der Waals surface area contributed by atoms with E-state index in [1.54, 1.807) is 7.11 Å². The number of likely N-dealkylation sites (tertiary alicyclic amines) is 1. The van der Waals surface area contributed by atoms with Crippen molar-refractivity contribution in [1.82, 2.24) is 4.90 Å².